The number of halogens is 3. The van der Waals surface area contributed by atoms with Crippen LogP contribution in [0, 0.1) is 6.92 Å². The van der Waals surface area contributed by atoms with Crippen LogP contribution in [-0.2, 0) is 18.1 Å². The Morgan fingerprint density at radius 1 is 1.26 bits per heavy atom. The fourth-order valence-electron chi connectivity index (χ4n) is 3.89. The Hall–Kier alpha value is -2.68. The molecule has 9 heteroatoms. The number of rotatable bonds is 5. The first-order chi connectivity index (χ1) is 14.5. The molecule has 1 aromatic carbocycles. The third kappa shape index (κ3) is 4.37. The minimum Gasteiger partial charge on any atom is -0.360 e. The Morgan fingerprint density at radius 3 is 2.58 bits per heavy atom. The minimum absolute atomic E-state index is 0.0145. The van der Waals surface area contributed by atoms with Gasteiger partial charge >= 0.3 is 6.18 Å². The maximum absolute atomic E-state index is 12.9. The average Bonchev–Trinajstić information content (AvgIpc) is 3.32. The Bertz CT molecular complexity index is 1100. The lowest BCUT2D eigenvalue weighted by Crippen LogP contribution is -2.38. The standard InChI is InChI=1S/C22H23F3N4OS/c1-13-11-26-20(31-13)17-10-21(2,3)29-19(28-17)16(12-27-29)18(30)9-6-14-4-7-15(8-5-14)22(23,24)25/h4-5,7-8,11-12,17,28H,6,9-10H2,1-3H3. The van der Waals surface area contributed by atoms with E-state index in [-0.39, 0.29) is 23.8 Å². The second kappa shape index (κ2) is 7.78. The molecule has 1 aliphatic heterocycles. The number of carbonyl (C=O) groups excluding carboxylic acids is 1. The second-order valence-electron chi connectivity index (χ2n) is 8.46. The fourth-order valence-corrected chi connectivity index (χ4v) is 4.71. The van der Waals surface area contributed by atoms with Gasteiger partial charge in [0.1, 0.15) is 10.8 Å². The van der Waals surface area contributed by atoms with Crippen molar-refractivity contribution in [2.24, 2.45) is 0 Å². The van der Waals surface area contributed by atoms with Gasteiger partial charge in [0.05, 0.1) is 28.9 Å². The highest BCUT2D eigenvalue weighted by atomic mass is 32.1. The summed E-state index contributed by atoms with van der Waals surface area (Å²) in [6.07, 6.45) is 0.392. The lowest BCUT2D eigenvalue weighted by atomic mass is 9.92. The molecule has 0 amide bonds. The smallest absolute Gasteiger partial charge is 0.360 e. The van der Waals surface area contributed by atoms with Crippen LogP contribution in [-0.4, -0.2) is 20.5 Å². The molecule has 1 N–H and O–H groups in total. The lowest BCUT2D eigenvalue weighted by molar-refractivity contribution is -0.137. The molecule has 1 aliphatic rings. The molecule has 3 aromatic rings. The number of fused-ring (bicyclic) bond motifs is 1. The zero-order valence-corrected chi connectivity index (χ0v) is 18.3. The van der Waals surface area contributed by atoms with Crippen LogP contribution >= 0.6 is 11.3 Å². The molecule has 2 aromatic heterocycles. The number of hydrogen-bond donors (Lipinski definition) is 1. The van der Waals surface area contributed by atoms with Crippen molar-refractivity contribution in [1.82, 2.24) is 14.8 Å². The number of carbonyl (C=O) groups is 1. The van der Waals surface area contributed by atoms with Crippen molar-refractivity contribution in [3.63, 3.8) is 0 Å². The summed E-state index contributed by atoms with van der Waals surface area (Å²) in [5.41, 5.74) is 0.199. The normalized spacial score (nSPS) is 17.8. The summed E-state index contributed by atoms with van der Waals surface area (Å²) >= 11 is 1.63. The van der Waals surface area contributed by atoms with E-state index in [1.807, 2.05) is 17.8 Å². The van der Waals surface area contributed by atoms with Crippen LogP contribution in [0.5, 0.6) is 0 Å². The summed E-state index contributed by atoms with van der Waals surface area (Å²) in [5.74, 6) is 0.576. The molecule has 164 valence electrons. The van der Waals surface area contributed by atoms with Crippen LogP contribution in [0.25, 0.3) is 0 Å². The second-order valence-corrected chi connectivity index (χ2v) is 9.73. The van der Waals surface area contributed by atoms with Crippen molar-refractivity contribution >= 4 is 22.9 Å². The van der Waals surface area contributed by atoms with Crippen LogP contribution < -0.4 is 5.32 Å². The first-order valence-corrected chi connectivity index (χ1v) is 10.8. The van der Waals surface area contributed by atoms with E-state index in [9.17, 15) is 18.0 Å². The predicted molar refractivity (Wildman–Crippen MR) is 113 cm³/mol. The van der Waals surface area contributed by atoms with E-state index in [1.54, 1.807) is 17.5 Å². The van der Waals surface area contributed by atoms with Crippen molar-refractivity contribution in [2.45, 2.75) is 57.8 Å². The number of benzene rings is 1. The third-order valence-corrected chi connectivity index (χ3v) is 6.54. The summed E-state index contributed by atoms with van der Waals surface area (Å²) in [6.45, 7) is 6.16. The molecule has 1 atom stereocenters. The molecule has 0 spiro atoms. The number of Topliss-reactive ketones (excluding diaryl/α,β-unsaturated/α-hetero) is 1. The summed E-state index contributed by atoms with van der Waals surface area (Å²) in [6, 6.07) is 4.93. The quantitative estimate of drug-likeness (QED) is 0.503. The molecule has 3 heterocycles. The Balaban J connectivity index is 1.51. The fraction of sp³-hybridized carbons (Fsp3) is 0.409. The minimum atomic E-state index is -4.36. The molecular weight excluding hydrogens is 425 g/mol. The molecule has 0 radical (unpaired) electrons. The van der Waals surface area contributed by atoms with Gasteiger partial charge in [-0.1, -0.05) is 12.1 Å². The summed E-state index contributed by atoms with van der Waals surface area (Å²) < 4.78 is 40.0. The van der Waals surface area contributed by atoms with Crippen molar-refractivity contribution in [1.29, 1.82) is 0 Å². The van der Waals surface area contributed by atoms with Gasteiger partial charge < -0.3 is 5.32 Å². The predicted octanol–water partition coefficient (Wildman–Crippen LogP) is 5.77. The molecule has 0 fully saturated rings. The lowest BCUT2D eigenvalue weighted by Gasteiger charge is -2.37. The van der Waals surface area contributed by atoms with Crippen molar-refractivity contribution in [3.05, 3.63) is 63.2 Å². The van der Waals surface area contributed by atoms with Crippen LogP contribution in [0.4, 0.5) is 19.0 Å². The van der Waals surface area contributed by atoms with Crippen LogP contribution in [0.1, 0.15) is 64.1 Å². The molecule has 0 saturated heterocycles. The van der Waals surface area contributed by atoms with E-state index in [4.69, 9.17) is 0 Å². The van der Waals surface area contributed by atoms with Crippen LogP contribution in [0.15, 0.2) is 36.7 Å². The number of hydrogen-bond acceptors (Lipinski definition) is 5. The van der Waals surface area contributed by atoms with E-state index < -0.39 is 11.7 Å². The number of aryl methyl sites for hydroxylation is 2. The van der Waals surface area contributed by atoms with E-state index in [0.29, 0.717) is 23.4 Å². The highest BCUT2D eigenvalue weighted by Gasteiger charge is 2.37. The van der Waals surface area contributed by atoms with E-state index >= 15 is 0 Å². The van der Waals surface area contributed by atoms with Crippen LogP contribution in [0.2, 0.25) is 0 Å². The number of alkyl halides is 3. The van der Waals surface area contributed by atoms with Gasteiger partial charge in [-0.3, -0.25) is 4.79 Å². The van der Waals surface area contributed by atoms with Gasteiger partial charge in [0.2, 0.25) is 0 Å². The maximum atomic E-state index is 12.9. The number of thiazole rings is 1. The maximum Gasteiger partial charge on any atom is 0.416 e. The number of nitrogens with one attached hydrogen (secondary N) is 1. The number of anilines is 1. The summed E-state index contributed by atoms with van der Waals surface area (Å²) in [7, 11) is 0. The molecule has 0 saturated carbocycles. The van der Waals surface area contributed by atoms with E-state index in [0.717, 1.165) is 28.4 Å². The van der Waals surface area contributed by atoms with Gasteiger partial charge in [-0.15, -0.1) is 11.3 Å². The summed E-state index contributed by atoms with van der Waals surface area (Å²) in [5, 5.41) is 8.86. The van der Waals surface area contributed by atoms with Crippen molar-refractivity contribution < 1.29 is 18.0 Å². The van der Waals surface area contributed by atoms with Gasteiger partial charge in [0, 0.05) is 17.5 Å². The van der Waals surface area contributed by atoms with Gasteiger partial charge in [-0.25, -0.2) is 9.67 Å². The largest absolute Gasteiger partial charge is 0.416 e. The van der Waals surface area contributed by atoms with Crippen molar-refractivity contribution in [3.8, 4) is 0 Å². The highest BCUT2D eigenvalue weighted by molar-refractivity contribution is 7.11. The zero-order chi connectivity index (χ0) is 22.4. The highest BCUT2D eigenvalue weighted by Crippen LogP contribution is 2.41. The van der Waals surface area contributed by atoms with Gasteiger partial charge in [0.15, 0.2) is 5.78 Å². The number of ketones is 1. The SMILES string of the molecule is Cc1cnc(C2CC(C)(C)n3ncc(C(=O)CCc4ccc(C(F)(F)F)cc4)c3N2)s1. The van der Waals surface area contributed by atoms with E-state index in [1.165, 1.54) is 12.1 Å². The summed E-state index contributed by atoms with van der Waals surface area (Å²) in [4.78, 5) is 18.6. The molecule has 5 nitrogen and oxygen atoms in total. The molecule has 0 aliphatic carbocycles. The monoisotopic (exact) mass is 448 g/mol. The third-order valence-electron chi connectivity index (χ3n) is 5.52. The molecular formula is C22H23F3N4OS. The Kier molecular flexibility index (Phi) is 5.41. The zero-order valence-electron chi connectivity index (χ0n) is 17.5. The van der Waals surface area contributed by atoms with Gasteiger partial charge in [-0.2, -0.15) is 18.3 Å². The number of aromatic nitrogens is 3. The Morgan fingerprint density at radius 2 is 1.97 bits per heavy atom. The Labute approximate surface area is 182 Å². The van der Waals surface area contributed by atoms with E-state index in [2.05, 4.69) is 29.2 Å². The first kappa shape index (κ1) is 21.5. The number of nitrogens with zero attached hydrogens (tertiary/aromatic N) is 3. The molecule has 1 unspecified atom stereocenters. The first-order valence-electron chi connectivity index (χ1n) is 10.0. The average molecular weight is 449 g/mol. The topological polar surface area (TPSA) is 59.8 Å². The van der Waals surface area contributed by atoms with Gasteiger partial charge in [-0.05, 0) is 51.3 Å². The van der Waals surface area contributed by atoms with Crippen molar-refractivity contribution in [2.75, 3.05) is 5.32 Å². The van der Waals surface area contributed by atoms with Crippen LogP contribution in [0.3, 0.4) is 0 Å². The molecule has 4 rings (SSSR count). The van der Waals surface area contributed by atoms with Gasteiger partial charge in [0.25, 0.3) is 0 Å². The molecule has 0 bridgehead atoms. The molecule has 31 heavy (non-hydrogen) atoms.